The van der Waals surface area contributed by atoms with E-state index in [0.29, 0.717) is 17.3 Å². The van der Waals surface area contributed by atoms with Crippen molar-refractivity contribution >= 4 is 22.7 Å². The Hall–Kier alpha value is -2.49. The number of hydrogen-bond donors (Lipinski definition) is 0. The zero-order valence-corrected chi connectivity index (χ0v) is 14.8. The first kappa shape index (κ1) is 18.3. The number of fused-ring (bicyclic) bond motifs is 2. The Bertz CT molecular complexity index is 979. The Balaban J connectivity index is 0.00000196. The molecule has 3 heterocycles. The van der Waals surface area contributed by atoms with Crippen LogP contribution in [0, 0.1) is 0 Å². The van der Waals surface area contributed by atoms with Crippen molar-refractivity contribution in [2.45, 2.75) is 19.3 Å². The van der Waals surface area contributed by atoms with Gasteiger partial charge in [0.2, 0.25) is 0 Å². The Labute approximate surface area is 162 Å². The first-order valence-corrected chi connectivity index (χ1v) is 8.14. The maximum atomic E-state index is 11.0. The summed E-state index contributed by atoms with van der Waals surface area (Å²) in [7, 11) is 1.71. The average Bonchev–Trinajstić information content (AvgIpc) is 3.08. The zero-order valence-electron chi connectivity index (χ0n) is 14.8. The first-order valence-electron chi connectivity index (χ1n) is 8.14. The molecule has 1 aliphatic rings. The molecular formula is C18H16LiN5O2. The number of aliphatic carboxylic acids is 1. The van der Waals surface area contributed by atoms with Gasteiger partial charge in [-0.05, 0) is 31.4 Å². The van der Waals surface area contributed by atoms with Crippen molar-refractivity contribution < 1.29 is 28.8 Å². The summed E-state index contributed by atoms with van der Waals surface area (Å²) in [5.74, 6) is 0.0192. The van der Waals surface area contributed by atoms with E-state index < -0.39 is 5.97 Å². The summed E-state index contributed by atoms with van der Waals surface area (Å²) >= 11 is 0. The van der Waals surface area contributed by atoms with Crippen LogP contribution in [0.4, 0.5) is 5.82 Å². The van der Waals surface area contributed by atoms with Crippen LogP contribution in [0.3, 0.4) is 0 Å². The summed E-state index contributed by atoms with van der Waals surface area (Å²) in [6, 6.07) is 5.74. The summed E-state index contributed by atoms with van der Waals surface area (Å²) in [6.07, 6.45) is 6.15. The summed E-state index contributed by atoms with van der Waals surface area (Å²) in [5, 5.41) is 11.9. The number of nitrogens with zero attached hydrogens (tertiary/aromatic N) is 5. The number of pyridine rings is 2. The van der Waals surface area contributed by atoms with Crippen molar-refractivity contribution in [3.05, 3.63) is 41.9 Å². The van der Waals surface area contributed by atoms with Crippen LogP contribution < -0.4 is 28.9 Å². The summed E-state index contributed by atoms with van der Waals surface area (Å²) in [4.78, 5) is 30.6. The molecule has 4 rings (SSSR count). The number of carboxylic acid groups (broad SMARTS) is 1. The fourth-order valence-electron chi connectivity index (χ4n) is 3.21. The molecule has 0 radical (unpaired) electrons. The third-order valence-corrected chi connectivity index (χ3v) is 4.36. The normalized spacial score (nSPS) is 12.5. The molecule has 7 nitrogen and oxygen atoms in total. The van der Waals surface area contributed by atoms with E-state index in [1.165, 1.54) is 0 Å². The van der Waals surface area contributed by atoms with Crippen molar-refractivity contribution in [1.29, 1.82) is 0 Å². The molecule has 0 aromatic carbocycles. The first-order chi connectivity index (χ1) is 12.1. The molecule has 0 atom stereocenters. The van der Waals surface area contributed by atoms with Crippen LogP contribution in [0.2, 0.25) is 0 Å². The maximum absolute atomic E-state index is 11.0. The standard InChI is InChI=1S/C18H17N5O2.Li/c1-23(10-16(24)25)18-12-5-2-6-13(12)21-17(22-18)14-8-11-4-3-7-19-15(11)9-20-14;/h3-4,7-9H,2,5-6,10H2,1H3,(H,24,25);/q;+1/p-1. The molecule has 0 aliphatic heterocycles. The molecule has 0 unspecified atom stereocenters. The maximum Gasteiger partial charge on any atom is 1.00 e. The van der Waals surface area contributed by atoms with Crippen LogP contribution in [0.25, 0.3) is 22.4 Å². The SMILES string of the molecule is CN(CC(=O)[O-])c1nc(-c2cc3cccnc3cn2)nc2c1CCC2.[Li+]. The van der Waals surface area contributed by atoms with E-state index in [1.54, 1.807) is 24.3 Å². The third kappa shape index (κ3) is 3.41. The Morgan fingerprint density at radius 3 is 2.92 bits per heavy atom. The van der Waals surface area contributed by atoms with Crippen molar-refractivity contribution in [1.82, 2.24) is 19.9 Å². The minimum Gasteiger partial charge on any atom is -0.548 e. The Morgan fingerprint density at radius 1 is 1.27 bits per heavy atom. The largest absolute Gasteiger partial charge is 1.00 e. The molecule has 0 spiro atoms. The molecule has 0 saturated heterocycles. The van der Waals surface area contributed by atoms with Crippen LogP contribution in [-0.2, 0) is 17.6 Å². The molecular weight excluding hydrogens is 325 g/mol. The number of carbonyl (C=O) groups is 1. The predicted molar refractivity (Wildman–Crippen MR) is 90.9 cm³/mol. The van der Waals surface area contributed by atoms with Gasteiger partial charge >= 0.3 is 18.9 Å². The Kier molecular flexibility index (Phi) is 5.21. The second-order valence-electron chi connectivity index (χ2n) is 6.14. The number of hydrogen-bond acceptors (Lipinski definition) is 7. The van der Waals surface area contributed by atoms with Crippen LogP contribution in [0.5, 0.6) is 0 Å². The molecule has 0 fully saturated rings. The fourth-order valence-corrected chi connectivity index (χ4v) is 3.21. The van der Waals surface area contributed by atoms with Gasteiger partial charge in [-0.1, -0.05) is 6.07 Å². The summed E-state index contributed by atoms with van der Waals surface area (Å²) in [6.45, 7) is -0.210. The molecule has 26 heavy (non-hydrogen) atoms. The number of anilines is 1. The van der Waals surface area contributed by atoms with E-state index in [0.717, 1.165) is 41.4 Å². The zero-order chi connectivity index (χ0) is 17.4. The van der Waals surface area contributed by atoms with E-state index in [4.69, 9.17) is 0 Å². The summed E-state index contributed by atoms with van der Waals surface area (Å²) < 4.78 is 0. The second-order valence-corrected chi connectivity index (χ2v) is 6.14. The van der Waals surface area contributed by atoms with Gasteiger partial charge in [0.1, 0.15) is 11.5 Å². The van der Waals surface area contributed by atoms with E-state index in [1.807, 2.05) is 18.2 Å². The van der Waals surface area contributed by atoms with Gasteiger partial charge in [-0.25, -0.2) is 9.97 Å². The predicted octanol–water partition coefficient (Wildman–Crippen LogP) is -2.23. The van der Waals surface area contributed by atoms with Gasteiger partial charge in [0.05, 0.1) is 24.2 Å². The third-order valence-electron chi connectivity index (χ3n) is 4.36. The molecule has 0 amide bonds. The van der Waals surface area contributed by atoms with E-state index in [2.05, 4.69) is 19.9 Å². The number of aromatic nitrogens is 4. The number of aryl methyl sites for hydroxylation is 1. The quantitative estimate of drug-likeness (QED) is 0.496. The number of carbonyl (C=O) groups excluding carboxylic acids is 1. The molecule has 8 heteroatoms. The second kappa shape index (κ2) is 7.40. The monoisotopic (exact) mass is 341 g/mol. The van der Waals surface area contributed by atoms with Crippen molar-refractivity contribution in [3.63, 3.8) is 0 Å². The number of carboxylic acids is 1. The van der Waals surface area contributed by atoms with Gasteiger partial charge in [0, 0.05) is 29.9 Å². The van der Waals surface area contributed by atoms with Gasteiger partial charge in [-0.15, -0.1) is 0 Å². The van der Waals surface area contributed by atoms with Gasteiger partial charge < -0.3 is 14.8 Å². The fraction of sp³-hybridized carbons (Fsp3) is 0.278. The minimum absolute atomic E-state index is 0. The molecule has 0 N–H and O–H groups in total. The average molecular weight is 341 g/mol. The van der Waals surface area contributed by atoms with Crippen LogP contribution in [0.15, 0.2) is 30.6 Å². The molecule has 0 bridgehead atoms. The smallest absolute Gasteiger partial charge is 0.548 e. The van der Waals surface area contributed by atoms with Crippen LogP contribution in [0.1, 0.15) is 17.7 Å². The molecule has 3 aromatic heterocycles. The van der Waals surface area contributed by atoms with E-state index in [9.17, 15) is 9.90 Å². The molecule has 3 aromatic rings. The van der Waals surface area contributed by atoms with Crippen molar-refractivity contribution in [2.24, 2.45) is 0 Å². The van der Waals surface area contributed by atoms with Gasteiger partial charge in [0.25, 0.3) is 0 Å². The number of likely N-dealkylation sites (N-methyl/N-ethyl adjacent to an activating group) is 1. The summed E-state index contributed by atoms with van der Waals surface area (Å²) in [5.41, 5.74) is 3.45. The van der Waals surface area contributed by atoms with E-state index in [-0.39, 0.29) is 25.4 Å². The van der Waals surface area contributed by atoms with Gasteiger partial charge in [0.15, 0.2) is 5.82 Å². The number of rotatable bonds is 4. The van der Waals surface area contributed by atoms with E-state index >= 15 is 0 Å². The van der Waals surface area contributed by atoms with Crippen molar-refractivity contribution in [3.8, 4) is 11.5 Å². The molecule has 1 aliphatic carbocycles. The topological polar surface area (TPSA) is 94.9 Å². The van der Waals surface area contributed by atoms with Crippen LogP contribution in [-0.4, -0.2) is 39.5 Å². The van der Waals surface area contributed by atoms with Crippen LogP contribution >= 0.6 is 0 Å². The molecule has 126 valence electrons. The minimum atomic E-state index is -1.13. The van der Waals surface area contributed by atoms with Crippen molar-refractivity contribution in [2.75, 3.05) is 18.5 Å². The van der Waals surface area contributed by atoms with Gasteiger partial charge in [-0.3, -0.25) is 9.97 Å². The molecule has 0 saturated carbocycles. The van der Waals surface area contributed by atoms with Gasteiger partial charge in [-0.2, -0.15) is 0 Å². The Morgan fingerprint density at radius 2 is 2.12 bits per heavy atom.